The molecule has 2 N–H and O–H groups in total. The number of ether oxygens (including phenoxy) is 1. The largest absolute Gasteiger partial charge is 0.497 e. The number of methoxy groups -OCH3 is 1. The maximum absolute atomic E-state index is 5.30. The number of aliphatic imine (C=N–C) groups is 1. The van der Waals surface area contributed by atoms with Crippen LogP contribution in [0.2, 0.25) is 0 Å². The zero-order valence-corrected chi connectivity index (χ0v) is 16.4. The van der Waals surface area contributed by atoms with Crippen LogP contribution in [0.15, 0.2) is 46.8 Å². The highest BCUT2D eigenvalue weighted by atomic mass is 32.1. The molecule has 1 saturated heterocycles. The summed E-state index contributed by atoms with van der Waals surface area (Å²) in [6.07, 6.45) is 2.55. The van der Waals surface area contributed by atoms with Gasteiger partial charge in [-0.1, -0.05) is 18.2 Å². The number of likely N-dealkylation sites (tertiary alicyclic amines) is 1. The molecule has 0 spiro atoms. The van der Waals surface area contributed by atoms with Gasteiger partial charge in [0.25, 0.3) is 0 Å². The van der Waals surface area contributed by atoms with Gasteiger partial charge >= 0.3 is 0 Å². The maximum Gasteiger partial charge on any atom is 0.191 e. The number of guanidine groups is 1. The average Bonchev–Trinajstić information content (AvgIpc) is 3.39. The predicted octanol–water partition coefficient (Wildman–Crippen LogP) is 3.26. The average molecular weight is 373 g/mol. The number of hydrogen-bond donors (Lipinski definition) is 2. The molecule has 2 aromatic rings. The van der Waals surface area contributed by atoms with E-state index in [1.54, 1.807) is 18.4 Å². The van der Waals surface area contributed by atoms with Crippen molar-refractivity contribution in [2.75, 3.05) is 33.8 Å². The topological polar surface area (TPSA) is 48.9 Å². The SMILES string of the molecule is CN=C(NCc1cccs1)NCC(c1ccc(OC)cc1)N1CCCC1. The maximum atomic E-state index is 5.30. The van der Waals surface area contributed by atoms with Crippen molar-refractivity contribution in [3.05, 3.63) is 52.2 Å². The molecule has 1 aromatic carbocycles. The van der Waals surface area contributed by atoms with Crippen molar-refractivity contribution in [3.8, 4) is 5.75 Å². The fraction of sp³-hybridized carbons (Fsp3) is 0.450. The Balaban J connectivity index is 1.62. The van der Waals surface area contributed by atoms with Gasteiger partial charge in [0.05, 0.1) is 19.7 Å². The lowest BCUT2D eigenvalue weighted by atomic mass is 10.1. The normalized spacial score (nSPS) is 16.5. The zero-order chi connectivity index (χ0) is 18.2. The predicted molar refractivity (Wildman–Crippen MR) is 109 cm³/mol. The third-order valence-corrected chi connectivity index (χ3v) is 5.66. The Kier molecular flexibility index (Phi) is 6.91. The van der Waals surface area contributed by atoms with Gasteiger partial charge in [0.2, 0.25) is 0 Å². The highest BCUT2D eigenvalue weighted by Gasteiger charge is 2.23. The molecular formula is C20H28N4OS. The van der Waals surface area contributed by atoms with Gasteiger partial charge in [-0.05, 0) is 55.1 Å². The van der Waals surface area contributed by atoms with Gasteiger partial charge in [0.1, 0.15) is 5.75 Å². The number of benzene rings is 1. The van der Waals surface area contributed by atoms with Crippen LogP contribution in [-0.2, 0) is 6.54 Å². The molecule has 1 fully saturated rings. The highest BCUT2D eigenvalue weighted by molar-refractivity contribution is 7.09. The second-order valence-corrected chi connectivity index (χ2v) is 7.45. The molecule has 0 bridgehead atoms. The lowest BCUT2D eigenvalue weighted by molar-refractivity contribution is 0.245. The Bertz CT molecular complexity index is 678. The molecule has 2 heterocycles. The zero-order valence-electron chi connectivity index (χ0n) is 15.6. The molecule has 0 amide bonds. The Hall–Kier alpha value is -2.05. The molecule has 1 atom stereocenters. The van der Waals surface area contributed by atoms with Gasteiger partial charge in [0.15, 0.2) is 5.96 Å². The molecule has 26 heavy (non-hydrogen) atoms. The summed E-state index contributed by atoms with van der Waals surface area (Å²) in [6.45, 7) is 3.93. The molecule has 0 radical (unpaired) electrons. The van der Waals surface area contributed by atoms with Gasteiger partial charge in [0, 0.05) is 18.5 Å². The Morgan fingerprint density at radius 2 is 1.96 bits per heavy atom. The van der Waals surface area contributed by atoms with Gasteiger partial charge < -0.3 is 15.4 Å². The van der Waals surface area contributed by atoms with Crippen molar-refractivity contribution in [1.82, 2.24) is 15.5 Å². The standard InChI is InChI=1S/C20H28N4OS/c1-21-20(22-14-18-6-5-13-26-18)23-15-19(24-11-3-4-12-24)16-7-9-17(25-2)10-8-16/h5-10,13,19H,3-4,11-12,14-15H2,1-2H3,(H2,21,22,23). The van der Waals surface area contributed by atoms with Crippen molar-refractivity contribution in [2.45, 2.75) is 25.4 Å². The molecule has 3 rings (SSSR count). The van der Waals surface area contributed by atoms with E-state index in [4.69, 9.17) is 4.74 Å². The van der Waals surface area contributed by atoms with Gasteiger partial charge in [-0.15, -0.1) is 11.3 Å². The first-order valence-electron chi connectivity index (χ1n) is 9.15. The molecule has 5 nitrogen and oxygen atoms in total. The minimum atomic E-state index is 0.337. The second kappa shape index (κ2) is 9.59. The quantitative estimate of drug-likeness (QED) is 0.579. The van der Waals surface area contributed by atoms with Gasteiger partial charge in [-0.25, -0.2) is 0 Å². The fourth-order valence-electron chi connectivity index (χ4n) is 3.34. The minimum Gasteiger partial charge on any atom is -0.497 e. The summed E-state index contributed by atoms with van der Waals surface area (Å²) in [5.74, 6) is 1.74. The Morgan fingerprint density at radius 1 is 1.19 bits per heavy atom. The summed E-state index contributed by atoms with van der Waals surface area (Å²) in [4.78, 5) is 8.23. The Morgan fingerprint density at radius 3 is 2.58 bits per heavy atom. The van der Waals surface area contributed by atoms with E-state index in [-0.39, 0.29) is 0 Å². The molecule has 1 aliphatic rings. The van der Waals surface area contributed by atoms with E-state index in [0.29, 0.717) is 6.04 Å². The number of nitrogens with zero attached hydrogens (tertiary/aromatic N) is 2. The number of thiophene rings is 1. The van der Waals surface area contributed by atoms with E-state index in [0.717, 1.165) is 37.9 Å². The van der Waals surface area contributed by atoms with Crippen molar-refractivity contribution in [2.24, 2.45) is 4.99 Å². The molecule has 140 valence electrons. The van der Waals surface area contributed by atoms with Crippen LogP contribution >= 0.6 is 11.3 Å². The number of rotatable bonds is 7. The summed E-state index contributed by atoms with van der Waals surface area (Å²) in [5, 5.41) is 9.00. The van der Waals surface area contributed by atoms with Crippen LogP contribution in [0.5, 0.6) is 5.75 Å². The molecule has 1 aromatic heterocycles. The van der Waals surface area contributed by atoms with E-state index in [1.807, 2.05) is 19.2 Å². The first-order valence-corrected chi connectivity index (χ1v) is 10.0. The lowest BCUT2D eigenvalue weighted by Crippen LogP contribution is -2.42. The highest BCUT2D eigenvalue weighted by Crippen LogP contribution is 2.26. The first-order chi connectivity index (χ1) is 12.8. The van der Waals surface area contributed by atoms with Gasteiger partial charge in [-0.3, -0.25) is 9.89 Å². The third kappa shape index (κ3) is 4.99. The van der Waals surface area contributed by atoms with Crippen LogP contribution < -0.4 is 15.4 Å². The van der Waals surface area contributed by atoms with Crippen LogP contribution in [-0.4, -0.2) is 44.7 Å². The van der Waals surface area contributed by atoms with Crippen LogP contribution in [0.25, 0.3) is 0 Å². The monoisotopic (exact) mass is 372 g/mol. The van der Waals surface area contributed by atoms with Crippen molar-refractivity contribution < 1.29 is 4.74 Å². The minimum absolute atomic E-state index is 0.337. The second-order valence-electron chi connectivity index (χ2n) is 6.42. The summed E-state index contributed by atoms with van der Waals surface area (Å²) < 4.78 is 5.30. The van der Waals surface area contributed by atoms with Crippen molar-refractivity contribution in [1.29, 1.82) is 0 Å². The molecule has 0 aliphatic carbocycles. The molecule has 1 aliphatic heterocycles. The summed E-state index contributed by atoms with van der Waals surface area (Å²) >= 11 is 1.76. The summed E-state index contributed by atoms with van der Waals surface area (Å²) in [7, 11) is 3.53. The smallest absolute Gasteiger partial charge is 0.191 e. The lowest BCUT2D eigenvalue weighted by Gasteiger charge is -2.29. The van der Waals surface area contributed by atoms with E-state index in [2.05, 4.69) is 50.2 Å². The van der Waals surface area contributed by atoms with Crippen molar-refractivity contribution in [3.63, 3.8) is 0 Å². The van der Waals surface area contributed by atoms with Crippen LogP contribution in [0, 0.1) is 0 Å². The molecular weight excluding hydrogens is 344 g/mol. The van der Waals surface area contributed by atoms with Gasteiger partial charge in [-0.2, -0.15) is 0 Å². The van der Waals surface area contributed by atoms with E-state index < -0.39 is 0 Å². The van der Waals surface area contributed by atoms with E-state index in [1.165, 1.54) is 23.3 Å². The molecule has 0 saturated carbocycles. The van der Waals surface area contributed by atoms with Crippen LogP contribution in [0.3, 0.4) is 0 Å². The van der Waals surface area contributed by atoms with E-state index in [9.17, 15) is 0 Å². The third-order valence-electron chi connectivity index (χ3n) is 4.78. The van der Waals surface area contributed by atoms with Crippen LogP contribution in [0.4, 0.5) is 0 Å². The fourth-order valence-corrected chi connectivity index (χ4v) is 3.98. The van der Waals surface area contributed by atoms with Crippen molar-refractivity contribution >= 4 is 17.3 Å². The summed E-state index contributed by atoms with van der Waals surface area (Å²) in [6, 6.07) is 13.0. The summed E-state index contributed by atoms with van der Waals surface area (Å²) in [5.41, 5.74) is 1.31. The Labute approximate surface area is 160 Å². The number of nitrogens with one attached hydrogen (secondary N) is 2. The van der Waals surface area contributed by atoms with Crippen LogP contribution in [0.1, 0.15) is 29.3 Å². The first kappa shape index (κ1) is 18.7. The molecule has 1 unspecified atom stereocenters. The van der Waals surface area contributed by atoms with E-state index >= 15 is 0 Å². The molecule has 6 heteroatoms. The number of hydrogen-bond acceptors (Lipinski definition) is 4.